The molecule has 0 radical (unpaired) electrons. The van der Waals surface area contributed by atoms with Gasteiger partial charge in [-0.3, -0.25) is 4.79 Å². The van der Waals surface area contributed by atoms with Crippen LogP contribution in [0.2, 0.25) is 0 Å². The summed E-state index contributed by atoms with van der Waals surface area (Å²) < 4.78 is 25.2. The number of aliphatic imine (C=N–C) groups is 1. The van der Waals surface area contributed by atoms with E-state index in [1.165, 1.54) is 0 Å². The van der Waals surface area contributed by atoms with E-state index in [1.54, 1.807) is 13.8 Å². The number of guanidine groups is 1. The second kappa shape index (κ2) is 10.4. The van der Waals surface area contributed by atoms with Gasteiger partial charge >= 0.3 is 0 Å². The Labute approximate surface area is 162 Å². The lowest BCUT2D eigenvalue weighted by molar-refractivity contribution is -0.128. The minimum atomic E-state index is -3.29. The maximum absolute atomic E-state index is 12.0. The van der Waals surface area contributed by atoms with E-state index < -0.39 is 15.6 Å². The van der Waals surface area contributed by atoms with Crippen molar-refractivity contribution in [1.29, 1.82) is 0 Å². The first-order valence-corrected chi connectivity index (χ1v) is 9.81. The van der Waals surface area contributed by atoms with Gasteiger partial charge in [-0.15, -0.1) is 24.0 Å². The van der Waals surface area contributed by atoms with Gasteiger partial charge in [-0.25, -0.2) is 18.1 Å². The molecule has 0 aromatic heterocycles. The number of likely N-dealkylation sites (tertiary alicyclic amines) is 1. The standard InChI is InChI=1S/C14H29N5O3S.HI/c1-5-15-13(16-10-12(20)19-8-6-7-9-19)17-11-14(2,3)18-23(4,21)22;/h18H,5-11H2,1-4H3,(H2,15,16,17);1H. The Morgan fingerprint density at radius 3 is 2.29 bits per heavy atom. The highest BCUT2D eigenvalue weighted by Gasteiger charge is 2.22. The van der Waals surface area contributed by atoms with Crippen molar-refractivity contribution in [3.63, 3.8) is 0 Å². The molecule has 24 heavy (non-hydrogen) atoms. The minimum absolute atomic E-state index is 0. The summed E-state index contributed by atoms with van der Waals surface area (Å²) in [5.41, 5.74) is -0.664. The SMILES string of the molecule is CCNC(=NCC(=O)N1CCCC1)NCC(C)(C)NS(C)(=O)=O.I. The molecule has 8 nitrogen and oxygen atoms in total. The van der Waals surface area contributed by atoms with E-state index >= 15 is 0 Å². The van der Waals surface area contributed by atoms with E-state index in [4.69, 9.17) is 0 Å². The maximum Gasteiger partial charge on any atom is 0.244 e. The molecular weight excluding hydrogens is 445 g/mol. The first-order chi connectivity index (χ1) is 10.6. The Morgan fingerprint density at radius 2 is 1.79 bits per heavy atom. The lowest BCUT2D eigenvalue weighted by Gasteiger charge is -2.26. The van der Waals surface area contributed by atoms with Crippen LogP contribution in [0.25, 0.3) is 0 Å². The van der Waals surface area contributed by atoms with Crippen LogP contribution in [0.15, 0.2) is 4.99 Å². The van der Waals surface area contributed by atoms with Crippen LogP contribution in [0.5, 0.6) is 0 Å². The van der Waals surface area contributed by atoms with Gasteiger partial charge in [0.25, 0.3) is 0 Å². The third-order valence-corrected chi connectivity index (χ3v) is 4.26. The fraction of sp³-hybridized carbons (Fsp3) is 0.857. The third-order valence-electron chi connectivity index (χ3n) is 3.33. The highest BCUT2D eigenvalue weighted by Crippen LogP contribution is 2.07. The molecule has 1 heterocycles. The number of halogens is 1. The zero-order valence-corrected chi connectivity index (χ0v) is 18.0. The summed E-state index contributed by atoms with van der Waals surface area (Å²) in [7, 11) is -3.29. The van der Waals surface area contributed by atoms with Crippen LogP contribution < -0.4 is 15.4 Å². The molecule has 3 N–H and O–H groups in total. The van der Waals surface area contributed by atoms with Crippen molar-refractivity contribution in [2.24, 2.45) is 4.99 Å². The van der Waals surface area contributed by atoms with Crippen LogP contribution in [0.3, 0.4) is 0 Å². The monoisotopic (exact) mass is 475 g/mol. The number of rotatable bonds is 7. The quantitative estimate of drug-likeness (QED) is 0.276. The van der Waals surface area contributed by atoms with Gasteiger partial charge in [0, 0.05) is 31.7 Å². The second-order valence-corrected chi connectivity index (χ2v) is 8.14. The lowest BCUT2D eigenvalue weighted by atomic mass is 10.1. The summed E-state index contributed by atoms with van der Waals surface area (Å²) in [5.74, 6) is 0.525. The molecule has 1 aliphatic heterocycles. The highest BCUT2D eigenvalue weighted by atomic mass is 127. The second-order valence-electron chi connectivity index (χ2n) is 6.39. The average Bonchev–Trinajstić information content (AvgIpc) is 2.93. The molecule has 1 amide bonds. The van der Waals surface area contributed by atoms with Gasteiger partial charge in [0.2, 0.25) is 15.9 Å². The van der Waals surface area contributed by atoms with E-state index in [9.17, 15) is 13.2 Å². The first kappa shape index (κ1) is 23.4. The third kappa shape index (κ3) is 9.62. The zero-order valence-electron chi connectivity index (χ0n) is 14.9. The molecule has 0 spiro atoms. The van der Waals surface area contributed by atoms with Gasteiger partial charge in [0.1, 0.15) is 6.54 Å². The van der Waals surface area contributed by atoms with Crippen molar-refractivity contribution < 1.29 is 13.2 Å². The number of sulfonamides is 1. The number of carbonyl (C=O) groups excluding carboxylic acids is 1. The molecule has 142 valence electrons. The van der Waals surface area contributed by atoms with E-state index in [0.717, 1.165) is 32.2 Å². The molecule has 0 atom stereocenters. The molecule has 1 saturated heterocycles. The molecule has 1 fully saturated rings. The predicted octanol–water partition coefficient (Wildman–Crippen LogP) is 0.110. The average molecular weight is 475 g/mol. The van der Waals surface area contributed by atoms with Gasteiger partial charge in [0.15, 0.2) is 5.96 Å². The van der Waals surface area contributed by atoms with Crippen LogP contribution in [-0.4, -0.2) is 69.7 Å². The number of hydrogen-bond donors (Lipinski definition) is 3. The molecule has 10 heteroatoms. The van der Waals surface area contributed by atoms with Crippen LogP contribution in [0.1, 0.15) is 33.6 Å². The van der Waals surface area contributed by atoms with E-state index in [0.29, 0.717) is 19.0 Å². The normalized spacial score (nSPS) is 15.8. The Morgan fingerprint density at radius 1 is 1.21 bits per heavy atom. The van der Waals surface area contributed by atoms with Gasteiger partial charge in [-0.05, 0) is 33.6 Å². The number of amides is 1. The minimum Gasteiger partial charge on any atom is -0.357 e. The van der Waals surface area contributed by atoms with Gasteiger partial charge in [0.05, 0.1) is 6.26 Å². The molecule has 0 aromatic rings. The summed E-state index contributed by atoms with van der Waals surface area (Å²) in [5, 5.41) is 6.13. The zero-order chi connectivity index (χ0) is 17.5. The predicted molar refractivity (Wildman–Crippen MR) is 107 cm³/mol. The maximum atomic E-state index is 12.0. The van der Waals surface area contributed by atoms with E-state index in [-0.39, 0.29) is 36.4 Å². The summed E-state index contributed by atoms with van der Waals surface area (Å²) in [6.07, 6.45) is 3.24. The largest absolute Gasteiger partial charge is 0.357 e. The number of carbonyl (C=O) groups is 1. The van der Waals surface area contributed by atoms with Crippen LogP contribution >= 0.6 is 24.0 Å². The topological polar surface area (TPSA) is 103 Å². The first-order valence-electron chi connectivity index (χ1n) is 7.92. The van der Waals surface area contributed by atoms with Crippen LogP contribution in [0, 0.1) is 0 Å². The molecule has 0 aromatic carbocycles. The Bertz CT molecular complexity index is 531. The van der Waals surface area contributed by atoms with Crippen molar-refractivity contribution in [3.8, 4) is 0 Å². The molecule has 1 aliphatic rings. The smallest absolute Gasteiger partial charge is 0.244 e. The van der Waals surface area contributed by atoms with Crippen molar-refractivity contribution in [2.75, 3.05) is 39.0 Å². The fourth-order valence-corrected chi connectivity index (χ4v) is 3.47. The van der Waals surface area contributed by atoms with E-state index in [2.05, 4.69) is 20.3 Å². The number of hydrogen-bond acceptors (Lipinski definition) is 4. The Hall–Kier alpha value is -0.620. The molecule has 0 bridgehead atoms. The van der Waals surface area contributed by atoms with Crippen molar-refractivity contribution in [3.05, 3.63) is 0 Å². The highest BCUT2D eigenvalue weighted by molar-refractivity contribution is 14.0. The number of nitrogens with zero attached hydrogens (tertiary/aromatic N) is 2. The van der Waals surface area contributed by atoms with Gasteiger partial charge < -0.3 is 15.5 Å². The van der Waals surface area contributed by atoms with E-state index in [1.807, 2.05) is 11.8 Å². The summed E-state index contributed by atoms with van der Waals surface area (Å²) in [4.78, 5) is 18.1. The van der Waals surface area contributed by atoms with Crippen LogP contribution in [0.4, 0.5) is 0 Å². The van der Waals surface area contributed by atoms with Crippen molar-refractivity contribution >= 4 is 45.9 Å². The van der Waals surface area contributed by atoms with Crippen molar-refractivity contribution in [1.82, 2.24) is 20.3 Å². The van der Waals surface area contributed by atoms with Gasteiger partial charge in [-0.2, -0.15) is 0 Å². The molecule has 0 aliphatic carbocycles. The molecule has 1 rings (SSSR count). The number of nitrogens with one attached hydrogen (secondary N) is 3. The van der Waals surface area contributed by atoms with Crippen LogP contribution in [-0.2, 0) is 14.8 Å². The van der Waals surface area contributed by atoms with Crippen molar-refractivity contribution in [2.45, 2.75) is 39.2 Å². The Kier molecular flexibility index (Phi) is 10.1. The summed E-state index contributed by atoms with van der Waals surface area (Å²) >= 11 is 0. The summed E-state index contributed by atoms with van der Waals surface area (Å²) in [6, 6.07) is 0. The molecule has 0 saturated carbocycles. The molecule has 0 unspecified atom stereocenters. The molecular formula is C14H30IN5O3S. The van der Waals surface area contributed by atoms with Gasteiger partial charge in [-0.1, -0.05) is 0 Å². The Balaban J connectivity index is 0.00000529. The summed E-state index contributed by atoms with van der Waals surface area (Å²) in [6.45, 7) is 8.20. The fourth-order valence-electron chi connectivity index (χ4n) is 2.40. The lowest BCUT2D eigenvalue weighted by Crippen LogP contribution is -2.53.